The molecular formula is C38H48N8O17P2. The zero-order valence-corrected chi connectivity index (χ0v) is 36.8. The Kier molecular flexibility index (Phi) is 19.3. The first-order valence-electron chi connectivity index (χ1n) is 19.2. The van der Waals surface area contributed by atoms with Crippen LogP contribution in [0.15, 0.2) is 48.8 Å². The molecule has 1 amide bonds. The first-order valence-corrected chi connectivity index (χ1v) is 22.8. The van der Waals surface area contributed by atoms with E-state index in [0.29, 0.717) is 0 Å². The van der Waals surface area contributed by atoms with Crippen molar-refractivity contribution in [2.24, 2.45) is 0 Å². The first-order chi connectivity index (χ1) is 30.7. The minimum atomic E-state index is -4.66. The first kappa shape index (κ1) is 51.6. The molecule has 0 saturated heterocycles. The topological polar surface area (TPSA) is 348 Å². The molecule has 8 N–H and O–H groups in total. The van der Waals surface area contributed by atoms with Crippen LogP contribution < -0.4 is 14.8 Å². The van der Waals surface area contributed by atoms with Crippen molar-refractivity contribution in [3.05, 3.63) is 76.9 Å². The number of carbonyl (C=O) groups excluding carboxylic acids is 1. The molecule has 0 radical (unpaired) electrons. The maximum atomic E-state index is 13.4. The minimum absolute atomic E-state index is 0.0437. The average Bonchev–Trinajstić information content (AvgIpc) is 3.87. The molecule has 27 heteroatoms. The minimum Gasteiger partial charge on any atom is -0.490 e. The number of hydrogen-bond donors (Lipinski definition) is 8. The summed E-state index contributed by atoms with van der Waals surface area (Å²) in [5, 5.41) is 39.3. The summed E-state index contributed by atoms with van der Waals surface area (Å²) in [6, 6.07) is 8.93. The van der Waals surface area contributed by atoms with Gasteiger partial charge in [0.25, 0.3) is 5.91 Å². The maximum Gasteiger partial charge on any atom is 0.339 e. The van der Waals surface area contributed by atoms with Gasteiger partial charge in [0.1, 0.15) is 37.3 Å². The number of nitrogens with zero attached hydrogens (tertiary/aromatic N) is 7. The number of nitrogens with one attached hydrogen (secondary N) is 1. The van der Waals surface area contributed by atoms with Crippen molar-refractivity contribution in [2.45, 2.75) is 25.9 Å². The van der Waals surface area contributed by atoms with Crippen molar-refractivity contribution in [3.8, 4) is 35.0 Å². The number of carboxylic acids is 3. The number of benzene rings is 1. The Labute approximate surface area is 370 Å². The molecule has 0 fully saturated rings. The molecule has 0 spiro atoms. The third-order valence-corrected chi connectivity index (χ3v) is 9.96. The average molecular weight is 951 g/mol. The number of pyridine rings is 1. The molecule has 4 aromatic rings. The van der Waals surface area contributed by atoms with Gasteiger partial charge in [0.15, 0.2) is 11.6 Å². The number of carboxylic acid groups (broad SMARTS) is 3. The second kappa shape index (κ2) is 24.3. The molecule has 0 aliphatic rings. The number of aromatic nitrogens is 5. The largest absolute Gasteiger partial charge is 0.490 e. The van der Waals surface area contributed by atoms with Gasteiger partial charge in [-0.2, -0.15) is 10.2 Å². The molecule has 0 aliphatic heterocycles. The highest BCUT2D eigenvalue weighted by Crippen LogP contribution is 2.36. The molecule has 4 rings (SSSR count). The van der Waals surface area contributed by atoms with Crippen molar-refractivity contribution in [1.29, 1.82) is 0 Å². The monoisotopic (exact) mass is 950 g/mol. The number of aliphatic carboxylic acids is 3. The summed E-state index contributed by atoms with van der Waals surface area (Å²) in [5.41, 5.74) is 1.04. The number of rotatable bonds is 27. The summed E-state index contributed by atoms with van der Waals surface area (Å²) in [6.07, 6.45) is 1.24. The highest BCUT2D eigenvalue weighted by atomic mass is 31.2. The number of carbonyl (C=O) groups is 4. The lowest BCUT2D eigenvalue weighted by atomic mass is 10.1. The molecule has 0 bridgehead atoms. The molecule has 25 nitrogen and oxygen atoms in total. The van der Waals surface area contributed by atoms with E-state index in [2.05, 4.69) is 32.3 Å². The van der Waals surface area contributed by atoms with Gasteiger partial charge in [-0.3, -0.25) is 38.1 Å². The Morgan fingerprint density at radius 3 is 1.68 bits per heavy atom. The predicted molar refractivity (Wildman–Crippen MR) is 225 cm³/mol. The van der Waals surface area contributed by atoms with E-state index in [-0.39, 0.29) is 110 Å². The number of amides is 1. The van der Waals surface area contributed by atoms with E-state index >= 15 is 0 Å². The van der Waals surface area contributed by atoms with Crippen LogP contribution in [-0.2, 0) is 46.1 Å². The maximum absolute atomic E-state index is 13.4. The molecule has 3 heterocycles. The Bertz CT molecular complexity index is 2350. The third-order valence-electron chi connectivity index (χ3n) is 8.42. The van der Waals surface area contributed by atoms with Gasteiger partial charge in [-0.25, -0.2) is 14.3 Å². The Morgan fingerprint density at radius 1 is 0.708 bits per heavy atom. The standard InChI is InChI=1S/C38H48N8O17P2/c1-60-12-14-62-31-19-30(38(53)39-9-3-4-35(47)48)32(63-15-13-61-2)18-27(31)6-5-26-16-33(45-10-7-28(41-45)20-43(22-36(49)50)24-64(54,55)56)40-34(17-26)46-11-8-29(42-46)21-44(23-37(51)52)25-65(57,58)59/h7-8,10-11,16-19H,3-4,9,12-15,20-25H2,1-2H3,(H,39,53)(H,47,48)(H,49,50)(H,51,52)(H2,54,55,56)(H2,57,58,59). The summed E-state index contributed by atoms with van der Waals surface area (Å²) in [5.74, 6) is 2.36. The van der Waals surface area contributed by atoms with Crippen LogP contribution >= 0.6 is 15.2 Å². The van der Waals surface area contributed by atoms with Crippen LogP contribution in [0.4, 0.5) is 0 Å². The third kappa shape index (κ3) is 18.2. The summed E-state index contributed by atoms with van der Waals surface area (Å²) in [6.45, 7) is -1.42. The van der Waals surface area contributed by atoms with Crippen LogP contribution in [0, 0.1) is 11.8 Å². The van der Waals surface area contributed by atoms with Gasteiger partial charge in [0.05, 0.1) is 48.8 Å². The van der Waals surface area contributed by atoms with E-state index < -0.39 is 64.7 Å². The normalized spacial score (nSPS) is 11.6. The Morgan fingerprint density at radius 2 is 1.22 bits per heavy atom. The van der Waals surface area contributed by atoms with Crippen LogP contribution in [0.1, 0.15) is 45.7 Å². The van der Waals surface area contributed by atoms with Gasteiger partial charge >= 0.3 is 33.1 Å². The van der Waals surface area contributed by atoms with Gasteiger partial charge in [0, 0.05) is 64.3 Å². The molecule has 352 valence electrons. The van der Waals surface area contributed by atoms with Gasteiger partial charge in [-0.1, -0.05) is 11.8 Å². The van der Waals surface area contributed by atoms with Crippen LogP contribution in [0.2, 0.25) is 0 Å². The Hall–Kier alpha value is -6.03. The lowest BCUT2D eigenvalue weighted by molar-refractivity contribution is -0.139. The lowest BCUT2D eigenvalue weighted by Crippen LogP contribution is -2.30. The highest BCUT2D eigenvalue weighted by Gasteiger charge is 2.24. The van der Waals surface area contributed by atoms with Gasteiger partial charge < -0.3 is 59.2 Å². The SMILES string of the molecule is COCCOc1cc(C(=O)NCCCC(=O)O)c(OCCOC)cc1C#Cc1cc(-n2ccc(CN(CC(=O)O)CP(=O)(O)O)n2)nc(-n2ccc(CN(CC(=O)O)CP(=O)(O)O)n2)c1. The Balaban J connectivity index is 1.83. The van der Waals surface area contributed by atoms with E-state index in [1.54, 1.807) is 0 Å². The van der Waals surface area contributed by atoms with Gasteiger partial charge in [-0.05, 0) is 36.8 Å². The van der Waals surface area contributed by atoms with E-state index in [0.717, 1.165) is 9.80 Å². The fraction of sp³-hybridized carbons (Fsp3) is 0.395. The fourth-order valence-electron chi connectivity index (χ4n) is 5.85. The molecule has 0 saturated carbocycles. The molecule has 0 unspecified atom stereocenters. The van der Waals surface area contributed by atoms with Crippen molar-refractivity contribution in [3.63, 3.8) is 0 Å². The molecular weight excluding hydrogens is 902 g/mol. The van der Waals surface area contributed by atoms with Crippen molar-refractivity contribution >= 4 is 39.0 Å². The fourth-order valence-corrected chi connectivity index (χ4v) is 7.29. The van der Waals surface area contributed by atoms with E-state index in [4.69, 9.17) is 24.1 Å². The second-order valence-electron chi connectivity index (χ2n) is 14.0. The van der Waals surface area contributed by atoms with Crippen LogP contribution in [0.3, 0.4) is 0 Å². The van der Waals surface area contributed by atoms with Crippen LogP contribution in [0.25, 0.3) is 11.6 Å². The number of ether oxygens (including phenoxy) is 4. The predicted octanol–water partition coefficient (Wildman–Crippen LogP) is 0.541. The van der Waals surface area contributed by atoms with E-state index in [1.807, 2.05) is 0 Å². The molecule has 0 aliphatic carbocycles. The zero-order valence-electron chi connectivity index (χ0n) is 35.0. The molecule has 65 heavy (non-hydrogen) atoms. The smallest absolute Gasteiger partial charge is 0.339 e. The van der Waals surface area contributed by atoms with E-state index in [1.165, 1.54) is 72.4 Å². The number of hydrogen-bond acceptors (Lipinski definition) is 15. The quantitative estimate of drug-likeness (QED) is 0.0230. The summed E-state index contributed by atoms with van der Waals surface area (Å²) in [7, 11) is -6.37. The van der Waals surface area contributed by atoms with Gasteiger partial charge in [0.2, 0.25) is 0 Å². The lowest BCUT2D eigenvalue weighted by Gasteiger charge is -2.19. The van der Waals surface area contributed by atoms with Crippen LogP contribution in [0.5, 0.6) is 11.5 Å². The second-order valence-corrected chi connectivity index (χ2v) is 17.2. The van der Waals surface area contributed by atoms with Crippen molar-refractivity contribution < 1.29 is 82.1 Å². The highest BCUT2D eigenvalue weighted by molar-refractivity contribution is 7.51. The van der Waals surface area contributed by atoms with Crippen LogP contribution in [-0.4, -0.2) is 166 Å². The summed E-state index contributed by atoms with van der Waals surface area (Å²) in [4.78, 5) is 92.0. The molecule has 3 aromatic heterocycles. The van der Waals surface area contributed by atoms with Crippen molar-refractivity contribution in [1.82, 2.24) is 39.7 Å². The van der Waals surface area contributed by atoms with Crippen molar-refractivity contribution in [2.75, 3.05) is 72.9 Å². The molecule has 0 atom stereocenters. The van der Waals surface area contributed by atoms with E-state index in [9.17, 15) is 58.1 Å². The zero-order chi connectivity index (χ0) is 47.7. The summed E-state index contributed by atoms with van der Waals surface area (Å²) < 4.78 is 48.2. The molecule has 1 aromatic carbocycles. The van der Waals surface area contributed by atoms with Gasteiger partial charge in [-0.15, -0.1) is 0 Å². The summed E-state index contributed by atoms with van der Waals surface area (Å²) >= 11 is 0. The number of methoxy groups -OCH3 is 2.